The van der Waals surface area contributed by atoms with E-state index in [-0.39, 0.29) is 16.5 Å². The van der Waals surface area contributed by atoms with E-state index in [9.17, 15) is 19.5 Å². The summed E-state index contributed by atoms with van der Waals surface area (Å²) in [5.41, 5.74) is 0.780. The lowest BCUT2D eigenvalue weighted by atomic mass is 9.87. The fraction of sp³-hybridized carbons (Fsp3) is 0.222. The van der Waals surface area contributed by atoms with Crippen LogP contribution in [0, 0.1) is 0 Å². The predicted molar refractivity (Wildman–Crippen MR) is 95.0 cm³/mol. The number of hydrogen-bond donors (Lipinski definition) is 1. The fourth-order valence-electron chi connectivity index (χ4n) is 2.93. The van der Waals surface area contributed by atoms with E-state index in [4.69, 9.17) is 0 Å². The molecule has 0 atom stereocenters. The van der Waals surface area contributed by atoms with E-state index in [1.807, 2.05) is 20.8 Å². The van der Waals surface area contributed by atoms with Crippen LogP contribution in [0.5, 0.6) is 0 Å². The van der Waals surface area contributed by atoms with Gasteiger partial charge in [-0.2, -0.15) is 0 Å². The molecule has 7 heteroatoms. The topological polar surface area (TPSA) is 89.3 Å². The Morgan fingerprint density at radius 2 is 1.92 bits per heavy atom. The molecule has 0 aliphatic heterocycles. The summed E-state index contributed by atoms with van der Waals surface area (Å²) < 4.78 is 1.16. The summed E-state index contributed by atoms with van der Waals surface area (Å²) >= 11 is 1.07. The Hall–Kier alpha value is -2.80. The van der Waals surface area contributed by atoms with E-state index in [1.165, 1.54) is 5.38 Å². The minimum Gasteiger partial charge on any atom is -0.464 e. The van der Waals surface area contributed by atoms with Crippen LogP contribution in [0.25, 0.3) is 10.9 Å². The molecule has 0 saturated carbocycles. The van der Waals surface area contributed by atoms with Gasteiger partial charge in [0.25, 0.3) is 0 Å². The summed E-state index contributed by atoms with van der Waals surface area (Å²) in [5, 5.41) is 12.0. The number of aromatic nitrogens is 2. The number of fused-ring (bicyclic) bond motifs is 1. The molecule has 0 amide bonds. The average Bonchev–Trinajstić information content (AvgIpc) is 3.16. The Balaban J connectivity index is 2.39. The van der Waals surface area contributed by atoms with Gasteiger partial charge in [0.2, 0.25) is 5.78 Å². The molecule has 1 aromatic carbocycles. The van der Waals surface area contributed by atoms with Crippen LogP contribution in [-0.4, -0.2) is 32.8 Å². The molecule has 6 nitrogen and oxygen atoms in total. The van der Waals surface area contributed by atoms with Gasteiger partial charge in [-0.05, 0) is 6.07 Å². The molecule has 0 radical (unpaired) electrons. The van der Waals surface area contributed by atoms with Crippen molar-refractivity contribution < 1.29 is 19.5 Å². The van der Waals surface area contributed by atoms with E-state index in [0.717, 1.165) is 15.9 Å². The highest BCUT2D eigenvalue weighted by Gasteiger charge is 2.33. The zero-order valence-corrected chi connectivity index (χ0v) is 14.8. The molecule has 3 rings (SSSR count). The molecule has 0 unspecified atom stereocenters. The van der Waals surface area contributed by atoms with Crippen LogP contribution in [0.15, 0.2) is 29.6 Å². The lowest BCUT2D eigenvalue weighted by Crippen LogP contribution is -2.24. The molecule has 3 aromatic rings. The number of rotatable bonds is 3. The van der Waals surface area contributed by atoms with Gasteiger partial charge in [0.05, 0.1) is 11.1 Å². The molecule has 0 aliphatic carbocycles. The molecule has 0 aliphatic rings. The third kappa shape index (κ3) is 2.76. The molecular weight excluding hydrogens is 340 g/mol. The Labute approximate surface area is 147 Å². The van der Waals surface area contributed by atoms with Crippen molar-refractivity contribution >= 4 is 40.4 Å². The van der Waals surface area contributed by atoms with E-state index in [0.29, 0.717) is 28.4 Å². The zero-order valence-electron chi connectivity index (χ0n) is 13.9. The third-order valence-electron chi connectivity index (χ3n) is 3.84. The quantitative estimate of drug-likeness (QED) is 0.567. The Kier molecular flexibility index (Phi) is 4.04. The van der Waals surface area contributed by atoms with E-state index < -0.39 is 11.5 Å². The number of nitrogens with zero attached hydrogens (tertiary/aromatic N) is 2. The average molecular weight is 356 g/mol. The third-order valence-corrected chi connectivity index (χ3v) is 4.70. The minimum atomic E-state index is -1.15. The molecule has 25 heavy (non-hydrogen) atoms. The molecule has 0 fully saturated rings. The second-order valence-electron chi connectivity index (χ2n) is 6.63. The summed E-state index contributed by atoms with van der Waals surface area (Å²) in [5.74, 6) is -0.376. The van der Waals surface area contributed by atoms with Crippen LogP contribution in [0.4, 0.5) is 4.79 Å². The maximum atomic E-state index is 13.1. The van der Waals surface area contributed by atoms with Crippen LogP contribution in [0.2, 0.25) is 0 Å². The first kappa shape index (κ1) is 17.0. The molecule has 1 N–H and O–H groups in total. The first-order valence-corrected chi connectivity index (χ1v) is 8.46. The van der Waals surface area contributed by atoms with Crippen LogP contribution in [0.3, 0.4) is 0 Å². The summed E-state index contributed by atoms with van der Waals surface area (Å²) in [6.45, 7) is 5.57. The number of ketones is 1. The normalized spacial score (nSPS) is 11.6. The van der Waals surface area contributed by atoms with Crippen LogP contribution in [0.1, 0.15) is 52.3 Å². The largest absolute Gasteiger partial charge is 0.464 e. The minimum absolute atomic E-state index is 0.167. The maximum absolute atomic E-state index is 13.1. The second-order valence-corrected chi connectivity index (χ2v) is 7.49. The highest BCUT2D eigenvalue weighted by molar-refractivity contribution is 7.12. The van der Waals surface area contributed by atoms with Gasteiger partial charge in [0.1, 0.15) is 5.69 Å². The smallest absolute Gasteiger partial charge is 0.416 e. The lowest BCUT2D eigenvalue weighted by molar-refractivity contribution is 0.103. The molecule has 0 saturated heterocycles. The fourth-order valence-corrected chi connectivity index (χ4v) is 3.64. The van der Waals surface area contributed by atoms with Gasteiger partial charge < -0.3 is 5.11 Å². The standard InChI is InChI=1S/C18H16N2O4S/c1-18(2,3)15-13(14(22)16-19-10(8-21)9-25-16)11-6-4-5-7-12(11)20(15)17(23)24/h4-9H,1-3H3,(H,23,24). The number of carbonyl (C=O) groups is 3. The molecule has 0 bridgehead atoms. The van der Waals surface area contributed by atoms with Gasteiger partial charge in [-0.1, -0.05) is 39.0 Å². The van der Waals surface area contributed by atoms with Gasteiger partial charge in [-0.25, -0.2) is 14.3 Å². The summed E-state index contributed by atoms with van der Waals surface area (Å²) in [6, 6.07) is 6.90. The number of carbonyl (C=O) groups excluding carboxylic acids is 2. The molecule has 2 aromatic heterocycles. The van der Waals surface area contributed by atoms with Crippen molar-refractivity contribution in [2.75, 3.05) is 0 Å². The first-order valence-electron chi connectivity index (χ1n) is 7.58. The van der Waals surface area contributed by atoms with Crippen molar-refractivity contribution in [2.45, 2.75) is 26.2 Å². The van der Waals surface area contributed by atoms with Crippen molar-refractivity contribution in [3.05, 3.63) is 51.6 Å². The molecular formula is C18H16N2O4S. The number of thiazole rings is 1. The van der Waals surface area contributed by atoms with Crippen LogP contribution >= 0.6 is 11.3 Å². The highest BCUT2D eigenvalue weighted by atomic mass is 32.1. The number of aldehydes is 1. The zero-order chi connectivity index (χ0) is 18.4. The molecule has 0 spiro atoms. The summed E-state index contributed by atoms with van der Waals surface area (Å²) in [4.78, 5) is 39.9. The van der Waals surface area contributed by atoms with Crippen molar-refractivity contribution in [3.8, 4) is 0 Å². The van der Waals surface area contributed by atoms with Gasteiger partial charge in [-0.15, -0.1) is 11.3 Å². The SMILES string of the molecule is CC(C)(C)c1c(C(=O)c2nc(C=O)cs2)c2ccccc2n1C(=O)O. The van der Waals surface area contributed by atoms with Gasteiger partial charge in [-0.3, -0.25) is 9.59 Å². The van der Waals surface area contributed by atoms with E-state index in [2.05, 4.69) is 4.98 Å². The van der Waals surface area contributed by atoms with Crippen molar-refractivity contribution in [1.82, 2.24) is 9.55 Å². The Morgan fingerprint density at radius 3 is 2.48 bits per heavy atom. The van der Waals surface area contributed by atoms with E-state index in [1.54, 1.807) is 24.3 Å². The van der Waals surface area contributed by atoms with Gasteiger partial charge >= 0.3 is 6.09 Å². The number of carboxylic acid groups (broad SMARTS) is 1. The van der Waals surface area contributed by atoms with E-state index >= 15 is 0 Å². The van der Waals surface area contributed by atoms with Gasteiger partial charge in [0.15, 0.2) is 11.3 Å². The van der Waals surface area contributed by atoms with Crippen LogP contribution < -0.4 is 0 Å². The second kappa shape index (κ2) is 5.93. The Morgan fingerprint density at radius 1 is 1.24 bits per heavy atom. The highest BCUT2D eigenvalue weighted by Crippen LogP contribution is 2.36. The maximum Gasteiger partial charge on any atom is 0.416 e. The summed E-state index contributed by atoms with van der Waals surface area (Å²) in [7, 11) is 0. The number of benzene rings is 1. The molecule has 2 heterocycles. The van der Waals surface area contributed by atoms with Gasteiger partial charge in [0, 0.05) is 21.9 Å². The van der Waals surface area contributed by atoms with Crippen LogP contribution in [-0.2, 0) is 5.41 Å². The van der Waals surface area contributed by atoms with Crippen molar-refractivity contribution in [2.24, 2.45) is 0 Å². The monoisotopic (exact) mass is 356 g/mol. The summed E-state index contributed by atoms with van der Waals surface area (Å²) in [6.07, 6.45) is -0.564. The predicted octanol–water partition coefficient (Wildman–Crippen LogP) is 3.96. The first-order chi connectivity index (χ1) is 11.8. The lowest BCUT2D eigenvalue weighted by Gasteiger charge is -2.21. The molecule has 128 valence electrons. The number of hydrogen-bond acceptors (Lipinski definition) is 5. The number of para-hydroxylation sites is 1. The van der Waals surface area contributed by atoms with Crippen molar-refractivity contribution in [3.63, 3.8) is 0 Å². The van der Waals surface area contributed by atoms with Crippen molar-refractivity contribution in [1.29, 1.82) is 0 Å². The Bertz CT molecular complexity index is 1010.